The van der Waals surface area contributed by atoms with E-state index in [0.717, 1.165) is 56.8 Å². The fraction of sp³-hybridized carbons (Fsp3) is 0.292. The molecule has 0 amide bonds. The van der Waals surface area contributed by atoms with Gasteiger partial charge in [0.1, 0.15) is 31.7 Å². The third-order valence-electron chi connectivity index (χ3n) is 5.43. The number of furan rings is 1. The van der Waals surface area contributed by atoms with Crippen LogP contribution in [0.1, 0.15) is 53.8 Å². The lowest BCUT2D eigenvalue weighted by molar-refractivity contribution is 0.526. The molecular weight excluding hydrogens is 524 g/mol. The smallest absolute Gasteiger partial charge is 0.153 e. The van der Waals surface area contributed by atoms with E-state index in [2.05, 4.69) is 42.5 Å². The lowest BCUT2D eigenvalue weighted by Crippen LogP contribution is -2.03. The number of rotatable bonds is 7. The number of nitrogens with zero attached hydrogens (tertiary/aromatic N) is 3. The average molecular weight is 545 g/mol. The number of hydrogen-bond acceptors (Lipinski definition) is 5. The Morgan fingerprint density at radius 3 is 2.61 bits per heavy atom. The fourth-order valence-corrected chi connectivity index (χ4v) is 5.22. The van der Waals surface area contributed by atoms with Crippen molar-refractivity contribution in [1.82, 2.24) is 9.97 Å². The third kappa shape index (κ3) is 4.51. The summed E-state index contributed by atoms with van der Waals surface area (Å²) < 4.78 is 20.3. The summed E-state index contributed by atoms with van der Waals surface area (Å²) in [5.74, 6) is 0.997. The Morgan fingerprint density at radius 1 is 1.16 bits per heavy atom. The van der Waals surface area contributed by atoms with Gasteiger partial charge < -0.3 is 4.42 Å². The molecule has 0 aliphatic heterocycles. The van der Waals surface area contributed by atoms with Gasteiger partial charge in [-0.2, -0.15) is 5.26 Å². The summed E-state index contributed by atoms with van der Waals surface area (Å²) in [7, 11) is 0. The first-order valence-corrected chi connectivity index (χ1v) is 12.2. The molecule has 0 saturated heterocycles. The van der Waals surface area contributed by atoms with Crippen LogP contribution < -0.4 is 0 Å². The van der Waals surface area contributed by atoms with Crippen molar-refractivity contribution in [2.45, 2.75) is 45.4 Å². The highest BCUT2D eigenvalue weighted by Gasteiger charge is 2.23. The Labute approximate surface area is 198 Å². The van der Waals surface area contributed by atoms with Crippen molar-refractivity contribution in [2.24, 2.45) is 0 Å². The van der Waals surface area contributed by atoms with E-state index in [4.69, 9.17) is 14.4 Å². The minimum atomic E-state index is -0.300. The summed E-state index contributed by atoms with van der Waals surface area (Å²) in [4.78, 5) is 10.0. The molecule has 0 radical (unpaired) electrons. The molecule has 0 spiro atoms. The van der Waals surface area contributed by atoms with Crippen LogP contribution in [0.25, 0.3) is 22.4 Å². The normalized spacial score (nSPS) is 12.2. The van der Waals surface area contributed by atoms with E-state index in [1.165, 1.54) is 29.0 Å². The molecule has 0 fully saturated rings. The zero-order valence-electron chi connectivity index (χ0n) is 17.3. The number of pyridine rings is 1. The van der Waals surface area contributed by atoms with E-state index < -0.39 is 0 Å². The van der Waals surface area contributed by atoms with Gasteiger partial charge in [-0.25, -0.2) is 14.4 Å². The number of halogens is 2. The van der Waals surface area contributed by atoms with Gasteiger partial charge in [0.05, 0.1) is 10.7 Å². The number of aromatic nitrogens is 2. The van der Waals surface area contributed by atoms with Crippen LogP contribution in [0, 0.1) is 20.8 Å². The molecular formula is C24H21FIN3OS. The van der Waals surface area contributed by atoms with Crippen LogP contribution in [0.4, 0.5) is 4.39 Å². The van der Waals surface area contributed by atoms with E-state index >= 15 is 0 Å². The third-order valence-corrected chi connectivity index (χ3v) is 7.05. The molecule has 3 aromatic heterocycles. The Bertz CT molecular complexity index is 1260. The molecule has 0 bridgehead atoms. The second kappa shape index (κ2) is 9.45. The predicted molar refractivity (Wildman–Crippen MR) is 130 cm³/mol. The first-order chi connectivity index (χ1) is 15.0. The molecule has 1 atom stereocenters. The van der Waals surface area contributed by atoms with Gasteiger partial charge in [-0.15, -0.1) is 11.3 Å². The van der Waals surface area contributed by atoms with Crippen LogP contribution in [0.5, 0.6) is 0 Å². The Balaban J connectivity index is 1.62. The van der Waals surface area contributed by atoms with Crippen molar-refractivity contribution in [1.29, 1.82) is 5.26 Å². The highest BCUT2D eigenvalue weighted by molar-refractivity contribution is 14.1. The number of nitriles is 1. The minimum Gasteiger partial charge on any atom is -0.459 e. The number of hydrogen-bond donors (Lipinski definition) is 0. The van der Waals surface area contributed by atoms with Crippen molar-refractivity contribution in [3.05, 3.63) is 67.1 Å². The summed E-state index contributed by atoms with van der Waals surface area (Å²) in [5.41, 5.74) is 4.40. The molecule has 0 aliphatic rings. The standard InChI is InChI=1S/C24H21FIN3OS/c1-3-14(22-17(4-2)30-18-10-11-20(26)28-24(18)22)7-12-21-29-23(19(13-27)31-21)15-5-8-16(25)9-6-15/h5-6,8-11,14H,3-4,7,12H2,1-2H3. The summed E-state index contributed by atoms with van der Waals surface area (Å²) in [6.07, 6.45) is 3.45. The number of thiazole rings is 1. The highest BCUT2D eigenvalue weighted by Crippen LogP contribution is 2.37. The summed E-state index contributed by atoms with van der Waals surface area (Å²) in [6.45, 7) is 4.29. The van der Waals surface area contributed by atoms with E-state index in [1.54, 1.807) is 12.1 Å². The van der Waals surface area contributed by atoms with Gasteiger partial charge in [-0.1, -0.05) is 13.8 Å². The van der Waals surface area contributed by atoms with Crippen LogP contribution in [-0.4, -0.2) is 9.97 Å². The SMILES string of the molecule is CCc1oc2ccc(I)nc2c1C(CC)CCc1nc(-c2ccc(F)cc2)c(C#N)s1. The van der Waals surface area contributed by atoms with E-state index in [-0.39, 0.29) is 5.82 Å². The maximum atomic E-state index is 13.3. The first-order valence-electron chi connectivity index (χ1n) is 10.3. The lowest BCUT2D eigenvalue weighted by atomic mass is 9.90. The van der Waals surface area contributed by atoms with Crippen molar-refractivity contribution >= 4 is 45.0 Å². The molecule has 1 unspecified atom stereocenters. The second-order valence-electron chi connectivity index (χ2n) is 7.32. The quantitative estimate of drug-likeness (QED) is 0.181. The van der Waals surface area contributed by atoms with E-state index in [1.807, 2.05) is 12.1 Å². The van der Waals surface area contributed by atoms with Crippen LogP contribution in [-0.2, 0) is 12.8 Å². The van der Waals surface area contributed by atoms with Crippen LogP contribution in [0.2, 0.25) is 0 Å². The van der Waals surface area contributed by atoms with Gasteiger partial charge in [0.2, 0.25) is 0 Å². The van der Waals surface area contributed by atoms with Gasteiger partial charge in [0, 0.05) is 17.5 Å². The molecule has 158 valence electrons. The molecule has 4 nitrogen and oxygen atoms in total. The molecule has 0 aliphatic carbocycles. The summed E-state index contributed by atoms with van der Waals surface area (Å²) in [5, 5.41) is 10.5. The maximum absolute atomic E-state index is 13.3. The topological polar surface area (TPSA) is 62.7 Å². The molecule has 0 N–H and O–H groups in total. The molecule has 7 heteroatoms. The second-order valence-corrected chi connectivity index (χ2v) is 9.51. The van der Waals surface area contributed by atoms with Crippen molar-refractivity contribution < 1.29 is 8.81 Å². The average Bonchev–Trinajstić information content (AvgIpc) is 3.36. The van der Waals surface area contributed by atoms with Gasteiger partial charge >= 0.3 is 0 Å². The van der Waals surface area contributed by atoms with Crippen molar-refractivity contribution in [2.75, 3.05) is 0 Å². The molecule has 0 saturated carbocycles. The number of aryl methyl sites for hydroxylation is 2. The van der Waals surface area contributed by atoms with Gasteiger partial charge in [-0.3, -0.25) is 0 Å². The highest BCUT2D eigenvalue weighted by atomic mass is 127. The summed E-state index contributed by atoms with van der Waals surface area (Å²) in [6, 6.07) is 12.3. The monoisotopic (exact) mass is 545 g/mol. The predicted octanol–water partition coefficient (Wildman–Crippen LogP) is 7.26. The summed E-state index contributed by atoms with van der Waals surface area (Å²) >= 11 is 3.65. The molecule has 1 aromatic carbocycles. The molecule has 31 heavy (non-hydrogen) atoms. The Hall–Kier alpha value is -2.31. The van der Waals surface area contributed by atoms with Crippen LogP contribution in [0.15, 0.2) is 40.8 Å². The zero-order valence-corrected chi connectivity index (χ0v) is 20.3. The van der Waals surface area contributed by atoms with Crippen molar-refractivity contribution in [3.8, 4) is 17.3 Å². The van der Waals surface area contributed by atoms with Crippen LogP contribution >= 0.6 is 33.9 Å². The van der Waals surface area contributed by atoms with Crippen LogP contribution in [0.3, 0.4) is 0 Å². The first kappa shape index (κ1) is 21.9. The molecule has 4 aromatic rings. The van der Waals surface area contributed by atoms with Gasteiger partial charge in [0.15, 0.2) is 5.58 Å². The minimum absolute atomic E-state index is 0.297. The van der Waals surface area contributed by atoms with Gasteiger partial charge in [-0.05, 0) is 84.2 Å². The maximum Gasteiger partial charge on any atom is 0.153 e. The fourth-order valence-electron chi connectivity index (χ4n) is 3.90. The molecule has 3 heterocycles. The Kier molecular flexibility index (Phi) is 6.68. The zero-order chi connectivity index (χ0) is 22.0. The Morgan fingerprint density at radius 2 is 1.94 bits per heavy atom. The molecule has 4 rings (SSSR count). The van der Waals surface area contributed by atoms with Crippen molar-refractivity contribution in [3.63, 3.8) is 0 Å². The lowest BCUT2D eigenvalue weighted by Gasteiger charge is -2.14. The number of fused-ring (bicyclic) bond motifs is 1. The number of benzene rings is 1. The van der Waals surface area contributed by atoms with E-state index in [0.29, 0.717) is 16.5 Å². The largest absolute Gasteiger partial charge is 0.459 e. The van der Waals surface area contributed by atoms with Gasteiger partial charge in [0.25, 0.3) is 0 Å². The van der Waals surface area contributed by atoms with E-state index in [9.17, 15) is 9.65 Å².